The molecule has 1 aliphatic heterocycles. The molecule has 1 fully saturated rings. The first-order valence-corrected chi connectivity index (χ1v) is 12.6. The van der Waals surface area contributed by atoms with E-state index in [1.54, 1.807) is 36.4 Å². The van der Waals surface area contributed by atoms with Crippen LogP contribution in [0.1, 0.15) is 27.0 Å². The number of nitrogens with zero attached hydrogens (tertiary/aromatic N) is 1. The van der Waals surface area contributed by atoms with E-state index in [-0.39, 0.29) is 39.8 Å². The van der Waals surface area contributed by atoms with Gasteiger partial charge in [-0.15, -0.1) is 0 Å². The Hall–Kier alpha value is -3.75. The molecule has 1 heterocycles. The number of benzene rings is 3. The highest BCUT2D eigenvalue weighted by Crippen LogP contribution is 2.39. The van der Waals surface area contributed by atoms with Gasteiger partial charge in [0.05, 0.1) is 29.1 Å². The number of aryl methyl sites for hydroxylation is 2. The molecule has 2 amide bonds. The zero-order valence-corrected chi connectivity index (χ0v) is 22.0. The van der Waals surface area contributed by atoms with Gasteiger partial charge in [0.15, 0.2) is 11.5 Å². The molecule has 0 aliphatic carbocycles. The number of thioether (sulfide) groups is 1. The molecule has 0 spiro atoms. The van der Waals surface area contributed by atoms with Gasteiger partial charge in [-0.2, -0.15) is 0 Å². The summed E-state index contributed by atoms with van der Waals surface area (Å²) in [6, 6.07) is 17.6. The normalized spacial score (nSPS) is 14.3. The van der Waals surface area contributed by atoms with Crippen LogP contribution in [0.25, 0.3) is 6.08 Å². The first-order valence-electron chi connectivity index (χ1n) is 11.4. The molecular formula is C28H24ClNO6S. The number of imide groups is 1. The largest absolute Gasteiger partial charge is 0.493 e. The van der Waals surface area contributed by atoms with E-state index < -0.39 is 11.9 Å². The molecule has 4 rings (SSSR count). The van der Waals surface area contributed by atoms with Crippen molar-refractivity contribution in [1.29, 1.82) is 0 Å². The SMILES string of the molecule is COc1cc(/C=C2\SC(=O)N(CCOc3cccc(C)c3)C2=O)cc(Cl)c1OC(=O)c1ccc(C)cc1. The maximum Gasteiger partial charge on any atom is 0.343 e. The molecule has 0 N–H and O–H groups in total. The van der Waals surface area contributed by atoms with Crippen LogP contribution in [-0.2, 0) is 4.79 Å². The van der Waals surface area contributed by atoms with Crippen LogP contribution in [0.3, 0.4) is 0 Å². The lowest BCUT2D eigenvalue weighted by Gasteiger charge is -2.13. The summed E-state index contributed by atoms with van der Waals surface area (Å²) < 4.78 is 16.6. The van der Waals surface area contributed by atoms with Crippen LogP contribution in [0.5, 0.6) is 17.2 Å². The Labute approximate surface area is 224 Å². The number of halogens is 1. The van der Waals surface area contributed by atoms with Crippen molar-refractivity contribution in [3.8, 4) is 17.2 Å². The predicted octanol–water partition coefficient (Wildman–Crippen LogP) is 6.30. The smallest absolute Gasteiger partial charge is 0.343 e. The van der Waals surface area contributed by atoms with Crippen molar-refractivity contribution >= 4 is 46.6 Å². The molecule has 7 nitrogen and oxygen atoms in total. The maximum atomic E-state index is 12.9. The van der Waals surface area contributed by atoms with E-state index in [0.29, 0.717) is 16.9 Å². The zero-order chi connectivity index (χ0) is 26.5. The molecule has 0 radical (unpaired) electrons. The van der Waals surface area contributed by atoms with Crippen molar-refractivity contribution in [2.75, 3.05) is 20.3 Å². The lowest BCUT2D eigenvalue weighted by Crippen LogP contribution is -2.32. The van der Waals surface area contributed by atoms with Crippen LogP contribution in [0.15, 0.2) is 65.6 Å². The van der Waals surface area contributed by atoms with E-state index >= 15 is 0 Å². The fourth-order valence-corrected chi connectivity index (χ4v) is 4.69. The minimum Gasteiger partial charge on any atom is -0.493 e. The van der Waals surface area contributed by atoms with Crippen LogP contribution >= 0.6 is 23.4 Å². The van der Waals surface area contributed by atoms with Gasteiger partial charge in [0, 0.05) is 0 Å². The predicted molar refractivity (Wildman–Crippen MR) is 143 cm³/mol. The monoisotopic (exact) mass is 537 g/mol. The minimum absolute atomic E-state index is 0.0632. The van der Waals surface area contributed by atoms with Crippen molar-refractivity contribution in [2.45, 2.75) is 13.8 Å². The highest BCUT2D eigenvalue weighted by atomic mass is 35.5. The van der Waals surface area contributed by atoms with Crippen LogP contribution < -0.4 is 14.2 Å². The van der Waals surface area contributed by atoms with Crippen LogP contribution in [0, 0.1) is 13.8 Å². The average molecular weight is 538 g/mol. The second-order valence-electron chi connectivity index (χ2n) is 8.29. The summed E-state index contributed by atoms with van der Waals surface area (Å²) in [6.45, 7) is 4.17. The highest BCUT2D eigenvalue weighted by molar-refractivity contribution is 8.18. The van der Waals surface area contributed by atoms with Crippen molar-refractivity contribution in [3.05, 3.63) is 92.8 Å². The Morgan fingerprint density at radius 2 is 1.78 bits per heavy atom. The second-order valence-corrected chi connectivity index (χ2v) is 9.69. The number of hydrogen-bond donors (Lipinski definition) is 0. The van der Waals surface area contributed by atoms with Gasteiger partial charge in [-0.3, -0.25) is 14.5 Å². The van der Waals surface area contributed by atoms with Gasteiger partial charge in [-0.25, -0.2) is 4.79 Å². The van der Waals surface area contributed by atoms with Crippen molar-refractivity contribution < 1.29 is 28.6 Å². The van der Waals surface area contributed by atoms with E-state index in [2.05, 4.69) is 0 Å². The maximum absolute atomic E-state index is 12.9. The molecule has 0 saturated carbocycles. The molecule has 190 valence electrons. The second kappa shape index (κ2) is 11.5. The number of methoxy groups -OCH3 is 1. The van der Waals surface area contributed by atoms with Crippen LogP contribution in [0.2, 0.25) is 5.02 Å². The van der Waals surface area contributed by atoms with E-state index in [4.69, 9.17) is 25.8 Å². The van der Waals surface area contributed by atoms with Gasteiger partial charge < -0.3 is 14.2 Å². The van der Waals surface area contributed by atoms with E-state index in [0.717, 1.165) is 27.8 Å². The molecule has 37 heavy (non-hydrogen) atoms. The van der Waals surface area contributed by atoms with Gasteiger partial charge >= 0.3 is 5.97 Å². The summed E-state index contributed by atoms with van der Waals surface area (Å²) in [5.41, 5.74) is 2.95. The van der Waals surface area contributed by atoms with Gasteiger partial charge in [-0.05, 0) is 79.2 Å². The third kappa shape index (κ3) is 6.34. The topological polar surface area (TPSA) is 82.1 Å². The van der Waals surface area contributed by atoms with Crippen molar-refractivity contribution in [2.24, 2.45) is 0 Å². The Morgan fingerprint density at radius 3 is 2.49 bits per heavy atom. The van der Waals surface area contributed by atoms with Gasteiger partial charge in [0.25, 0.3) is 11.1 Å². The quantitative estimate of drug-likeness (QED) is 0.189. The summed E-state index contributed by atoms with van der Waals surface area (Å²) >= 11 is 7.25. The Bertz CT molecular complexity index is 1390. The molecule has 3 aromatic rings. The lowest BCUT2D eigenvalue weighted by molar-refractivity contribution is -0.123. The first-order chi connectivity index (χ1) is 17.7. The Balaban J connectivity index is 1.46. The number of rotatable bonds is 8. The molecule has 1 saturated heterocycles. The summed E-state index contributed by atoms with van der Waals surface area (Å²) in [5, 5.41) is -0.261. The number of hydrogen-bond acceptors (Lipinski definition) is 7. The lowest BCUT2D eigenvalue weighted by atomic mass is 10.1. The van der Waals surface area contributed by atoms with E-state index in [9.17, 15) is 14.4 Å². The standard InChI is InChI=1S/C28H24ClNO6S/c1-17-7-9-20(10-8-17)27(32)36-25-22(29)14-19(15-23(25)34-3)16-24-26(31)30(28(33)37-24)11-12-35-21-6-4-5-18(2)13-21/h4-10,13-16H,11-12H2,1-3H3/b24-16-. The first kappa shape index (κ1) is 26.3. The van der Waals surface area contributed by atoms with E-state index in [1.807, 2.05) is 38.1 Å². The number of ether oxygens (including phenoxy) is 3. The molecule has 0 aromatic heterocycles. The molecule has 3 aromatic carbocycles. The third-order valence-electron chi connectivity index (χ3n) is 5.48. The number of amides is 2. The number of carbonyl (C=O) groups excluding carboxylic acids is 3. The molecule has 0 unspecified atom stereocenters. The molecular weight excluding hydrogens is 514 g/mol. The Morgan fingerprint density at radius 1 is 1.03 bits per heavy atom. The van der Waals surface area contributed by atoms with Crippen molar-refractivity contribution in [1.82, 2.24) is 4.90 Å². The molecule has 0 atom stereocenters. The summed E-state index contributed by atoms with van der Waals surface area (Å²) in [6.07, 6.45) is 1.55. The summed E-state index contributed by atoms with van der Waals surface area (Å²) in [7, 11) is 1.42. The Kier molecular flexibility index (Phi) is 8.21. The van der Waals surface area contributed by atoms with Crippen LogP contribution in [0.4, 0.5) is 4.79 Å². The summed E-state index contributed by atoms with van der Waals surface area (Å²) in [4.78, 5) is 39.3. The van der Waals surface area contributed by atoms with Crippen molar-refractivity contribution in [3.63, 3.8) is 0 Å². The van der Waals surface area contributed by atoms with E-state index in [1.165, 1.54) is 13.2 Å². The fraction of sp³-hybridized carbons (Fsp3) is 0.179. The number of carbonyl (C=O) groups is 3. The summed E-state index contributed by atoms with van der Waals surface area (Å²) in [5.74, 6) is -0.0551. The van der Waals surface area contributed by atoms with Gasteiger partial charge in [0.1, 0.15) is 12.4 Å². The molecule has 9 heteroatoms. The van der Waals surface area contributed by atoms with Crippen LogP contribution in [-0.4, -0.2) is 42.3 Å². The molecule has 0 bridgehead atoms. The zero-order valence-electron chi connectivity index (χ0n) is 20.4. The van der Waals surface area contributed by atoms with Gasteiger partial charge in [0.2, 0.25) is 0 Å². The fourth-order valence-electron chi connectivity index (χ4n) is 3.57. The van der Waals surface area contributed by atoms with Gasteiger partial charge in [-0.1, -0.05) is 41.4 Å². The number of esters is 1. The third-order valence-corrected chi connectivity index (χ3v) is 6.67. The average Bonchev–Trinajstić information content (AvgIpc) is 3.13. The highest BCUT2D eigenvalue weighted by Gasteiger charge is 2.35. The molecule has 1 aliphatic rings. The minimum atomic E-state index is -0.582.